The van der Waals surface area contributed by atoms with Gasteiger partial charge in [0.1, 0.15) is 5.75 Å². The molecule has 0 aliphatic rings. The standard InChI is InChI=1S/C28H29F5O3/c1-28(2,20-11-13-23(35-26(32)17-29)25(16-20)36-27(33)18-30)14-6-7-19-10-12-22(31)24(15-19)34-21-8-4-3-5-9-21/h3-5,8-13,15-16,26-27H,6-7,14,17-18H2,1-2H3. The molecular weight excluding hydrogens is 479 g/mol. The lowest BCUT2D eigenvalue weighted by Gasteiger charge is -2.27. The van der Waals surface area contributed by atoms with Gasteiger partial charge in [0, 0.05) is 0 Å². The van der Waals surface area contributed by atoms with Crippen molar-refractivity contribution in [1.82, 2.24) is 0 Å². The van der Waals surface area contributed by atoms with E-state index in [2.05, 4.69) is 0 Å². The molecule has 0 N–H and O–H groups in total. The van der Waals surface area contributed by atoms with Crippen molar-refractivity contribution in [3.05, 3.63) is 83.7 Å². The van der Waals surface area contributed by atoms with Gasteiger partial charge in [-0.1, -0.05) is 44.2 Å². The summed E-state index contributed by atoms with van der Waals surface area (Å²) in [5, 5.41) is 0. The molecule has 3 nitrogen and oxygen atoms in total. The third-order valence-electron chi connectivity index (χ3n) is 5.71. The number of alkyl halides is 4. The van der Waals surface area contributed by atoms with Gasteiger partial charge < -0.3 is 14.2 Å². The lowest BCUT2D eigenvalue weighted by molar-refractivity contribution is 0.0201. The largest absolute Gasteiger partial charge is 0.454 e. The van der Waals surface area contributed by atoms with Gasteiger partial charge in [-0.15, -0.1) is 0 Å². The van der Waals surface area contributed by atoms with Crippen LogP contribution >= 0.6 is 0 Å². The molecule has 36 heavy (non-hydrogen) atoms. The molecule has 3 rings (SSSR count). The highest BCUT2D eigenvalue weighted by Crippen LogP contribution is 2.37. The van der Waals surface area contributed by atoms with Crippen molar-refractivity contribution in [2.24, 2.45) is 0 Å². The van der Waals surface area contributed by atoms with Crippen LogP contribution in [0.3, 0.4) is 0 Å². The Morgan fingerprint density at radius 2 is 1.44 bits per heavy atom. The number of hydrogen-bond acceptors (Lipinski definition) is 3. The van der Waals surface area contributed by atoms with E-state index in [1.807, 2.05) is 19.9 Å². The first-order chi connectivity index (χ1) is 17.2. The van der Waals surface area contributed by atoms with Gasteiger partial charge in [0.25, 0.3) is 12.7 Å². The molecule has 0 spiro atoms. The molecular formula is C28H29F5O3. The van der Waals surface area contributed by atoms with E-state index in [1.54, 1.807) is 42.5 Å². The van der Waals surface area contributed by atoms with E-state index in [0.29, 0.717) is 18.6 Å². The fourth-order valence-corrected chi connectivity index (χ4v) is 3.73. The first kappa shape index (κ1) is 27.3. The number of benzene rings is 3. The maximum atomic E-state index is 14.2. The van der Waals surface area contributed by atoms with Crippen molar-refractivity contribution < 1.29 is 36.2 Å². The van der Waals surface area contributed by atoms with Gasteiger partial charge in [-0.2, -0.15) is 8.78 Å². The fourth-order valence-electron chi connectivity index (χ4n) is 3.73. The summed E-state index contributed by atoms with van der Waals surface area (Å²) in [6.45, 7) is 1.13. The Bertz CT molecular complexity index is 1110. The molecule has 0 saturated heterocycles. The first-order valence-electron chi connectivity index (χ1n) is 11.6. The van der Waals surface area contributed by atoms with Gasteiger partial charge in [-0.25, -0.2) is 13.2 Å². The second-order valence-electron chi connectivity index (χ2n) is 8.94. The van der Waals surface area contributed by atoms with Crippen molar-refractivity contribution in [2.45, 2.75) is 51.2 Å². The summed E-state index contributed by atoms with van der Waals surface area (Å²) in [4.78, 5) is 0. The Morgan fingerprint density at radius 1 is 0.778 bits per heavy atom. The second-order valence-corrected chi connectivity index (χ2v) is 8.94. The monoisotopic (exact) mass is 508 g/mol. The molecule has 0 radical (unpaired) electrons. The van der Waals surface area contributed by atoms with E-state index in [0.717, 1.165) is 17.5 Å². The molecule has 0 aromatic heterocycles. The molecule has 0 amide bonds. The Morgan fingerprint density at radius 3 is 2.11 bits per heavy atom. The van der Waals surface area contributed by atoms with E-state index in [9.17, 15) is 22.0 Å². The van der Waals surface area contributed by atoms with E-state index in [-0.39, 0.29) is 17.2 Å². The molecule has 8 heteroatoms. The highest BCUT2D eigenvalue weighted by atomic mass is 19.2. The number of rotatable bonds is 13. The quantitative estimate of drug-likeness (QED) is 0.218. The van der Waals surface area contributed by atoms with Crippen molar-refractivity contribution in [3.63, 3.8) is 0 Å². The zero-order valence-corrected chi connectivity index (χ0v) is 20.2. The van der Waals surface area contributed by atoms with Gasteiger partial charge in [0.2, 0.25) is 0 Å². The first-order valence-corrected chi connectivity index (χ1v) is 11.6. The van der Waals surface area contributed by atoms with Crippen LogP contribution in [0, 0.1) is 5.82 Å². The lowest BCUT2D eigenvalue weighted by atomic mass is 9.79. The predicted molar refractivity (Wildman–Crippen MR) is 128 cm³/mol. The van der Waals surface area contributed by atoms with Gasteiger partial charge in [0.05, 0.1) is 0 Å². The molecule has 0 bridgehead atoms. The van der Waals surface area contributed by atoms with E-state index in [1.165, 1.54) is 18.2 Å². The van der Waals surface area contributed by atoms with Crippen molar-refractivity contribution in [2.75, 3.05) is 13.3 Å². The zero-order valence-electron chi connectivity index (χ0n) is 20.2. The highest BCUT2D eigenvalue weighted by Gasteiger charge is 2.24. The number of para-hydroxylation sites is 1. The Kier molecular flexibility index (Phi) is 9.56. The smallest absolute Gasteiger partial charge is 0.266 e. The predicted octanol–water partition coefficient (Wildman–Crippen LogP) is 8.21. The molecule has 0 fully saturated rings. The topological polar surface area (TPSA) is 27.7 Å². The van der Waals surface area contributed by atoms with Gasteiger partial charge >= 0.3 is 0 Å². The molecule has 3 aromatic carbocycles. The third kappa shape index (κ3) is 7.60. The molecule has 0 aliphatic carbocycles. The number of halogens is 5. The normalized spacial score (nSPS) is 13.2. The van der Waals surface area contributed by atoms with Crippen molar-refractivity contribution >= 4 is 0 Å². The van der Waals surface area contributed by atoms with Crippen LogP contribution in [0.25, 0.3) is 0 Å². The number of hydrogen-bond donors (Lipinski definition) is 0. The van der Waals surface area contributed by atoms with Crippen LogP contribution in [-0.2, 0) is 11.8 Å². The van der Waals surface area contributed by atoms with Crippen LogP contribution in [0.5, 0.6) is 23.0 Å². The summed E-state index contributed by atoms with van der Waals surface area (Å²) >= 11 is 0. The fraction of sp³-hybridized carbons (Fsp3) is 0.357. The zero-order chi connectivity index (χ0) is 26.1. The molecule has 2 unspecified atom stereocenters. The van der Waals surface area contributed by atoms with Crippen LogP contribution in [0.15, 0.2) is 66.7 Å². The van der Waals surface area contributed by atoms with E-state index >= 15 is 0 Å². The average Bonchev–Trinajstić information content (AvgIpc) is 2.87. The van der Waals surface area contributed by atoms with Crippen LogP contribution in [0.4, 0.5) is 22.0 Å². The molecule has 2 atom stereocenters. The summed E-state index contributed by atoms with van der Waals surface area (Å²) in [5.74, 6) is -0.200. The SMILES string of the molecule is CC(C)(CCCc1ccc(F)c(Oc2ccccc2)c1)c1ccc(OC(F)CF)c(OC(F)CF)c1. The van der Waals surface area contributed by atoms with E-state index < -0.39 is 37.3 Å². The summed E-state index contributed by atoms with van der Waals surface area (Å²) in [6, 6.07) is 18.1. The maximum absolute atomic E-state index is 14.2. The molecule has 194 valence electrons. The van der Waals surface area contributed by atoms with Crippen LogP contribution < -0.4 is 14.2 Å². The second kappa shape index (κ2) is 12.6. The Labute approximate surface area is 207 Å². The van der Waals surface area contributed by atoms with Gasteiger partial charge in [0.15, 0.2) is 36.4 Å². The molecule has 0 aliphatic heterocycles. The van der Waals surface area contributed by atoms with Gasteiger partial charge in [-0.05, 0) is 72.2 Å². The minimum absolute atomic E-state index is 0.142. The van der Waals surface area contributed by atoms with Gasteiger partial charge in [-0.3, -0.25) is 0 Å². The minimum atomic E-state index is -2.26. The summed E-state index contributed by atoms with van der Waals surface area (Å²) in [6.07, 6.45) is -2.46. The summed E-state index contributed by atoms with van der Waals surface area (Å²) in [7, 11) is 0. The van der Waals surface area contributed by atoms with Crippen LogP contribution in [0.1, 0.15) is 37.8 Å². The summed E-state index contributed by atoms with van der Waals surface area (Å²) < 4.78 is 81.8. The Hall–Kier alpha value is -3.29. The van der Waals surface area contributed by atoms with Crippen LogP contribution in [-0.4, -0.2) is 26.1 Å². The van der Waals surface area contributed by atoms with Crippen LogP contribution in [0.2, 0.25) is 0 Å². The van der Waals surface area contributed by atoms with Crippen molar-refractivity contribution in [1.29, 1.82) is 0 Å². The van der Waals surface area contributed by atoms with E-state index in [4.69, 9.17) is 14.2 Å². The number of aryl methyl sites for hydroxylation is 1. The minimum Gasteiger partial charge on any atom is -0.454 e. The maximum Gasteiger partial charge on any atom is 0.266 e. The molecule has 3 aromatic rings. The Balaban J connectivity index is 1.69. The molecule has 0 heterocycles. The molecule has 0 saturated carbocycles. The highest BCUT2D eigenvalue weighted by molar-refractivity contribution is 5.45. The number of ether oxygens (including phenoxy) is 3. The van der Waals surface area contributed by atoms with Crippen molar-refractivity contribution in [3.8, 4) is 23.0 Å². The summed E-state index contributed by atoms with van der Waals surface area (Å²) in [5.41, 5.74) is 1.18. The lowest BCUT2D eigenvalue weighted by Crippen LogP contribution is -2.20. The average molecular weight is 509 g/mol. The third-order valence-corrected chi connectivity index (χ3v) is 5.71.